The lowest BCUT2D eigenvalue weighted by Crippen LogP contribution is -2.46. The Balaban J connectivity index is 1.08. The molecule has 4 aromatic rings. The number of nitrogens with zero attached hydrogens (tertiary/aromatic N) is 4. The molecule has 1 amide bonds. The first-order chi connectivity index (χ1) is 25.4. The predicted octanol–water partition coefficient (Wildman–Crippen LogP) is 6.93. The van der Waals surface area contributed by atoms with Crippen LogP contribution in [0.4, 0.5) is 11.4 Å². The van der Waals surface area contributed by atoms with Crippen molar-refractivity contribution in [3.63, 3.8) is 0 Å². The normalized spacial score (nSPS) is 15.9. The summed E-state index contributed by atoms with van der Waals surface area (Å²) in [6.07, 6.45) is 3.05. The zero-order chi connectivity index (χ0) is 37.6. The van der Waals surface area contributed by atoms with E-state index in [4.69, 9.17) is 9.47 Å². The van der Waals surface area contributed by atoms with Gasteiger partial charge in [0.05, 0.1) is 22.7 Å². The molecule has 0 saturated carbocycles. The Bertz CT molecular complexity index is 1970. The van der Waals surface area contributed by atoms with E-state index in [1.807, 2.05) is 80.3 Å². The lowest BCUT2D eigenvalue weighted by atomic mass is 9.89. The van der Waals surface area contributed by atoms with Gasteiger partial charge in [-0.25, -0.2) is 18.2 Å². The van der Waals surface area contributed by atoms with Crippen LogP contribution in [0.25, 0.3) is 0 Å². The van der Waals surface area contributed by atoms with Gasteiger partial charge >= 0.3 is 5.97 Å². The van der Waals surface area contributed by atoms with Crippen LogP contribution >= 0.6 is 0 Å². The molecule has 0 bridgehead atoms. The first kappa shape index (κ1) is 37.8. The molecule has 2 fully saturated rings. The average Bonchev–Trinajstić information content (AvgIpc) is 3.14. The number of amides is 1. The van der Waals surface area contributed by atoms with Gasteiger partial charge in [-0.1, -0.05) is 49.4 Å². The maximum absolute atomic E-state index is 13.8. The Hall–Kier alpha value is -4.94. The van der Waals surface area contributed by atoms with Crippen LogP contribution < -0.4 is 14.4 Å². The maximum atomic E-state index is 13.8. The zero-order valence-electron chi connectivity index (χ0n) is 31.0. The van der Waals surface area contributed by atoms with Crippen molar-refractivity contribution >= 4 is 33.3 Å². The summed E-state index contributed by atoms with van der Waals surface area (Å²) in [6.45, 7) is 13.1. The van der Waals surface area contributed by atoms with E-state index >= 15 is 0 Å². The Morgan fingerprint density at radius 2 is 1.53 bits per heavy atom. The molecule has 3 aromatic carbocycles. The molecule has 0 unspecified atom stereocenters. The molecule has 0 spiro atoms. The Kier molecular flexibility index (Phi) is 11.7. The number of hydrogen-bond acceptors (Lipinski definition) is 9. The summed E-state index contributed by atoms with van der Waals surface area (Å²) in [5.74, 6) is 0.582. The first-order valence-corrected chi connectivity index (χ1v) is 19.9. The van der Waals surface area contributed by atoms with Crippen LogP contribution in [-0.4, -0.2) is 86.5 Å². The lowest BCUT2D eigenvalue weighted by Gasteiger charge is -2.36. The SMILES string of the molecule is CCN1CCN(c2ccc(C(=O)N3CCC(c4ccc(Oc5ccc(C(=O)OC(C)(C)C)cn5)cc4)CC3)cc2NS(=O)(=O)Cc2ccccc2)CC1. The molecule has 2 aliphatic rings. The third-order valence-corrected chi connectivity index (χ3v) is 10.8. The second-order valence-electron chi connectivity index (χ2n) is 14.6. The minimum absolute atomic E-state index is 0.108. The van der Waals surface area contributed by atoms with E-state index in [0.29, 0.717) is 47.1 Å². The Labute approximate surface area is 313 Å². The molecular weight excluding hydrogens is 691 g/mol. The van der Waals surface area contributed by atoms with Crippen molar-refractivity contribution in [2.75, 3.05) is 55.4 Å². The van der Waals surface area contributed by atoms with Crippen molar-refractivity contribution < 1.29 is 27.5 Å². The number of nitrogens with one attached hydrogen (secondary N) is 1. The summed E-state index contributed by atoms with van der Waals surface area (Å²) in [7, 11) is -3.74. The number of carbonyl (C=O) groups is 2. The number of hydrogen-bond donors (Lipinski definition) is 1. The second kappa shape index (κ2) is 16.4. The highest BCUT2D eigenvalue weighted by molar-refractivity contribution is 7.91. The molecule has 53 heavy (non-hydrogen) atoms. The minimum atomic E-state index is -3.74. The van der Waals surface area contributed by atoms with E-state index in [-0.39, 0.29) is 17.6 Å². The van der Waals surface area contributed by atoms with Gasteiger partial charge in [0.1, 0.15) is 11.4 Å². The molecule has 2 aliphatic heterocycles. The molecule has 0 atom stereocenters. The molecular formula is C41H49N5O6S. The fraction of sp³-hybridized carbons (Fsp3) is 0.390. The summed E-state index contributed by atoms with van der Waals surface area (Å²) in [5, 5.41) is 0. The summed E-state index contributed by atoms with van der Waals surface area (Å²) in [5.41, 5.74) is 3.31. The van der Waals surface area contributed by atoms with Crippen LogP contribution in [-0.2, 0) is 20.5 Å². The summed E-state index contributed by atoms with van der Waals surface area (Å²) in [4.78, 5) is 36.8. The van der Waals surface area contributed by atoms with Gasteiger partial charge in [-0.2, -0.15) is 0 Å². The summed E-state index contributed by atoms with van der Waals surface area (Å²) >= 11 is 0. The highest BCUT2D eigenvalue weighted by atomic mass is 32.2. The molecule has 2 saturated heterocycles. The lowest BCUT2D eigenvalue weighted by molar-refractivity contribution is 0.00688. The fourth-order valence-corrected chi connectivity index (χ4v) is 7.96. The maximum Gasteiger partial charge on any atom is 0.340 e. The van der Waals surface area contributed by atoms with Crippen LogP contribution in [0, 0.1) is 0 Å². The number of esters is 1. The molecule has 0 radical (unpaired) electrons. The van der Waals surface area contributed by atoms with Crippen molar-refractivity contribution in [2.45, 2.75) is 57.8 Å². The number of carbonyl (C=O) groups excluding carboxylic acids is 2. The van der Waals surface area contributed by atoms with Crippen LogP contribution in [0.1, 0.15) is 78.3 Å². The smallest absolute Gasteiger partial charge is 0.340 e. The van der Waals surface area contributed by atoms with E-state index < -0.39 is 21.6 Å². The number of sulfonamides is 1. The van der Waals surface area contributed by atoms with Gasteiger partial charge in [0.2, 0.25) is 15.9 Å². The number of piperazine rings is 1. The van der Waals surface area contributed by atoms with E-state index in [9.17, 15) is 18.0 Å². The number of ether oxygens (including phenoxy) is 2. The molecule has 0 aliphatic carbocycles. The highest BCUT2D eigenvalue weighted by Crippen LogP contribution is 2.33. The first-order valence-electron chi connectivity index (χ1n) is 18.3. The van der Waals surface area contributed by atoms with Gasteiger partial charge in [0, 0.05) is 57.1 Å². The molecule has 1 N–H and O–H groups in total. The zero-order valence-corrected chi connectivity index (χ0v) is 31.8. The van der Waals surface area contributed by atoms with Gasteiger partial charge in [-0.15, -0.1) is 0 Å². The number of pyridine rings is 1. The van der Waals surface area contributed by atoms with Crippen molar-refractivity contribution in [3.8, 4) is 11.6 Å². The third kappa shape index (κ3) is 10.1. The van der Waals surface area contributed by atoms with Crippen LogP contribution in [0.15, 0.2) is 91.1 Å². The van der Waals surface area contributed by atoms with Crippen LogP contribution in [0.5, 0.6) is 11.6 Å². The summed E-state index contributed by atoms with van der Waals surface area (Å²) < 4.78 is 40.9. The third-order valence-electron chi connectivity index (χ3n) is 9.60. The molecule has 3 heterocycles. The number of rotatable bonds is 11. The number of likely N-dealkylation sites (N-methyl/N-ethyl adjacent to an activating group) is 1. The fourth-order valence-electron chi connectivity index (χ4n) is 6.75. The van der Waals surface area contributed by atoms with Crippen molar-refractivity contribution in [3.05, 3.63) is 113 Å². The van der Waals surface area contributed by atoms with Gasteiger partial charge in [0.15, 0.2) is 0 Å². The Morgan fingerprint density at radius 1 is 0.849 bits per heavy atom. The average molecular weight is 740 g/mol. The van der Waals surface area contributed by atoms with E-state index in [1.54, 1.807) is 30.3 Å². The van der Waals surface area contributed by atoms with E-state index in [2.05, 4.69) is 26.4 Å². The monoisotopic (exact) mass is 739 g/mol. The van der Waals surface area contributed by atoms with Crippen molar-refractivity contribution in [1.29, 1.82) is 0 Å². The predicted molar refractivity (Wildman–Crippen MR) is 207 cm³/mol. The van der Waals surface area contributed by atoms with E-state index in [0.717, 1.165) is 51.3 Å². The van der Waals surface area contributed by atoms with Crippen molar-refractivity contribution in [1.82, 2.24) is 14.8 Å². The Morgan fingerprint density at radius 3 is 2.15 bits per heavy atom. The number of benzene rings is 3. The summed E-state index contributed by atoms with van der Waals surface area (Å²) in [6, 6.07) is 25.7. The molecule has 11 nitrogen and oxygen atoms in total. The largest absolute Gasteiger partial charge is 0.456 e. The minimum Gasteiger partial charge on any atom is -0.456 e. The molecule has 280 valence electrons. The van der Waals surface area contributed by atoms with Gasteiger partial charge in [-0.3, -0.25) is 9.52 Å². The van der Waals surface area contributed by atoms with Crippen LogP contribution in [0.3, 0.4) is 0 Å². The number of piperidine rings is 1. The standard InChI is InChI=1S/C41H49N5O6S/c1-5-44-23-25-45(26-24-44)37-17-13-33(27-36(37)43-53(49,50)29-30-9-7-6-8-10-30)39(47)46-21-19-32(20-22-46)31-11-15-35(16-12-31)51-38-18-14-34(28-42-38)40(48)52-41(2,3)4/h6-18,27-28,32,43H,5,19-26,29H2,1-4H3. The van der Waals surface area contributed by atoms with Crippen LogP contribution in [0.2, 0.25) is 0 Å². The molecule has 12 heteroatoms. The second-order valence-corrected chi connectivity index (χ2v) is 16.3. The highest BCUT2D eigenvalue weighted by Gasteiger charge is 2.27. The van der Waals surface area contributed by atoms with Gasteiger partial charge < -0.3 is 24.2 Å². The van der Waals surface area contributed by atoms with E-state index in [1.165, 1.54) is 11.8 Å². The number of likely N-dealkylation sites (tertiary alicyclic amines) is 1. The molecule has 1 aromatic heterocycles. The number of aromatic nitrogens is 1. The topological polar surface area (TPSA) is 121 Å². The van der Waals surface area contributed by atoms with Gasteiger partial charge in [-0.05, 0) is 93.6 Å². The van der Waals surface area contributed by atoms with Gasteiger partial charge in [0.25, 0.3) is 5.91 Å². The number of anilines is 2. The van der Waals surface area contributed by atoms with Crippen molar-refractivity contribution in [2.24, 2.45) is 0 Å². The molecule has 6 rings (SSSR count). The quantitative estimate of drug-likeness (QED) is 0.163.